The summed E-state index contributed by atoms with van der Waals surface area (Å²) < 4.78 is 28.5. The molecule has 19 heavy (non-hydrogen) atoms. The quantitative estimate of drug-likeness (QED) is 0.695. The lowest BCUT2D eigenvalue weighted by Crippen LogP contribution is -2.51. The normalized spacial score (nSPS) is 25.6. The van der Waals surface area contributed by atoms with Crippen molar-refractivity contribution in [2.24, 2.45) is 0 Å². The second-order valence-corrected chi connectivity index (χ2v) is 8.01. The molecule has 0 aromatic rings. The highest BCUT2D eigenvalue weighted by Crippen LogP contribution is 2.19. The molecule has 0 aromatic carbocycles. The van der Waals surface area contributed by atoms with E-state index in [4.69, 9.17) is 4.74 Å². The van der Waals surface area contributed by atoms with Crippen LogP contribution in [0.3, 0.4) is 0 Å². The molecule has 112 valence electrons. The van der Waals surface area contributed by atoms with Crippen LogP contribution in [0.5, 0.6) is 0 Å². The summed E-state index contributed by atoms with van der Waals surface area (Å²) in [5, 5.41) is 3.53. The molecule has 0 amide bonds. The molecule has 1 saturated carbocycles. The Kier molecular flexibility index (Phi) is 5.62. The molecule has 1 atom stereocenters. The summed E-state index contributed by atoms with van der Waals surface area (Å²) in [6.45, 7) is 5.99. The lowest BCUT2D eigenvalue weighted by atomic mass is 10.2. The van der Waals surface area contributed by atoms with Gasteiger partial charge in [0.2, 0.25) is 0 Å². The molecule has 6 heteroatoms. The first-order valence-corrected chi connectivity index (χ1v) is 9.18. The highest BCUT2D eigenvalue weighted by Gasteiger charge is 2.26. The number of nitrogens with one attached hydrogen (secondary N) is 1. The average Bonchev–Trinajstić information content (AvgIpc) is 3.21. The number of hydrogen-bond acceptors (Lipinski definition) is 5. The summed E-state index contributed by atoms with van der Waals surface area (Å²) in [5.41, 5.74) is 0. The summed E-state index contributed by atoms with van der Waals surface area (Å²) in [6.07, 6.45) is 3.32. The fourth-order valence-corrected chi connectivity index (χ4v) is 3.25. The van der Waals surface area contributed by atoms with Gasteiger partial charge in [0.15, 0.2) is 0 Å². The maximum Gasteiger partial charge on any atom is 0.150 e. The topological polar surface area (TPSA) is 58.6 Å². The van der Waals surface area contributed by atoms with E-state index in [-0.39, 0.29) is 5.75 Å². The van der Waals surface area contributed by atoms with Crippen molar-refractivity contribution in [2.75, 3.05) is 44.4 Å². The van der Waals surface area contributed by atoms with Gasteiger partial charge in [-0.2, -0.15) is 0 Å². The van der Waals surface area contributed by atoms with Gasteiger partial charge in [-0.05, 0) is 25.8 Å². The Morgan fingerprint density at radius 3 is 2.84 bits per heavy atom. The number of hydrogen-bond donors (Lipinski definition) is 1. The van der Waals surface area contributed by atoms with Crippen LogP contribution < -0.4 is 5.32 Å². The van der Waals surface area contributed by atoms with E-state index in [1.54, 1.807) is 6.92 Å². The van der Waals surface area contributed by atoms with Crippen molar-refractivity contribution < 1.29 is 13.2 Å². The summed E-state index contributed by atoms with van der Waals surface area (Å²) in [4.78, 5) is 2.38. The maximum atomic E-state index is 11.5. The second-order valence-electron chi connectivity index (χ2n) is 5.54. The van der Waals surface area contributed by atoms with Crippen LogP contribution >= 0.6 is 0 Å². The predicted molar refractivity (Wildman–Crippen MR) is 76.1 cm³/mol. The van der Waals surface area contributed by atoms with Crippen molar-refractivity contribution >= 4 is 9.84 Å². The van der Waals surface area contributed by atoms with E-state index >= 15 is 0 Å². The third kappa shape index (κ3) is 5.38. The third-order valence-electron chi connectivity index (χ3n) is 3.91. The Labute approximate surface area is 116 Å². The average molecular weight is 290 g/mol. The van der Waals surface area contributed by atoms with Gasteiger partial charge in [-0.3, -0.25) is 4.90 Å². The van der Waals surface area contributed by atoms with E-state index in [1.165, 1.54) is 12.8 Å². The number of rotatable bonds is 8. The van der Waals surface area contributed by atoms with Crippen LogP contribution in [0, 0.1) is 0 Å². The van der Waals surface area contributed by atoms with Gasteiger partial charge in [-0.1, -0.05) is 6.92 Å². The maximum absolute atomic E-state index is 11.5. The molecule has 1 aliphatic carbocycles. The Balaban J connectivity index is 1.71. The van der Waals surface area contributed by atoms with E-state index in [0.717, 1.165) is 39.3 Å². The van der Waals surface area contributed by atoms with Crippen LogP contribution in [0.2, 0.25) is 0 Å². The van der Waals surface area contributed by atoms with Gasteiger partial charge in [0.05, 0.1) is 19.0 Å². The van der Waals surface area contributed by atoms with E-state index in [9.17, 15) is 8.42 Å². The van der Waals surface area contributed by atoms with E-state index < -0.39 is 9.84 Å². The molecule has 0 radical (unpaired) electrons. The minimum absolute atomic E-state index is 0.253. The zero-order valence-electron chi connectivity index (χ0n) is 11.8. The Bertz CT molecular complexity index is 368. The number of nitrogens with zero attached hydrogens (tertiary/aromatic N) is 1. The Hall–Kier alpha value is -0.170. The zero-order chi connectivity index (χ0) is 13.7. The number of morpholine rings is 1. The van der Waals surface area contributed by atoms with Gasteiger partial charge < -0.3 is 10.1 Å². The molecule has 1 heterocycles. The molecule has 1 unspecified atom stereocenters. The van der Waals surface area contributed by atoms with Crippen molar-refractivity contribution in [2.45, 2.75) is 38.3 Å². The number of ether oxygens (including phenoxy) is 1. The standard InChI is InChI=1S/C13H26N2O3S/c1-2-19(16,17)9-3-6-15-7-8-18-11-13(15)10-14-12-4-5-12/h12-14H,2-11H2,1H3. The van der Waals surface area contributed by atoms with Gasteiger partial charge in [0.25, 0.3) is 0 Å². The van der Waals surface area contributed by atoms with Gasteiger partial charge in [-0.25, -0.2) is 8.42 Å². The Morgan fingerprint density at radius 2 is 2.16 bits per heavy atom. The first-order valence-electron chi connectivity index (χ1n) is 7.36. The summed E-state index contributed by atoms with van der Waals surface area (Å²) in [5.74, 6) is 0.562. The van der Waals surface area contributed by atoms with Crippen LogP contribution in [0.1, 0.15) is 26.2 Å². The van der Waals surface area contributed by atoms with E-state index in [2.05, 4.69) is 10.2 Å². The third-order valence-corrected chi connectivity index (χ3v) is 5.70. The summed E-state index contributed by atoms with van der Waals surface area (Å²) in [6, 6.07) is 1.11. The number of sulfone groups is 1. The first-order chi connectivity index (χ1) is 9.11. The van der Waals surface area contributed by atoms with Crippen LogP contribution in [-0.4, -0.2) is 69.8 Å². The SMILES string of the molecule is CCS(=O)(=O)CCCN1CCOCC1CNC1CC1. The van der Waals surface area contributed by atoms with Gasteiger partial charge in [-0.15, -0.1) is 0 Å². The molecule has 0 spiro atoms. The van der Waals surface area contributed by atoms with Crippen molar-refractivity contribution in [1.29, 1.82) is 0 Å². The molecule has 5 nitrogen and oxygen atoms in total. The summed E-state index contributed by atoms with van der Waals surface area (Å²) in [7, 11) is -2.83. The smallest absolute Gasteiger partial charge is 0.150 e. The lowest BCUT2D eigenvalue weighted by Gasteiger charge is -2.35. The fourth-order valence-electron chi connectivity index (χ4n) is 2.39. The van der Waals surface area contributed by atoms with Crippen LogP contribution in [0.4, 0.5) is 0 Å². The van der Waals surface area contributed by atoms with Crippen molar-refractivity contribution in [3.63, 3.8) is 0 Å². The molecule has 2 aliphatic rings. The molecule has 1 saturated heterocycles. The van der Waals surface area contributed by atoms with Crippen molar-refractivity contribution in [3.05, 3.63) is 0 Å². The highest BCUT2D eigenvalue weighted by molar-refractivity contribution is 7.91. The molecular formula is C13H26N2O3S. The zero-order valence-corrected chi connectivity index (χ0v) is 12.6. The van der Waals surface area contributed by atoms with Crippen molar-refractivity contribution in [1.82, 2.24) is 10.2 Å². The van der Waals surface area contributed by atoms with Crippen molar-refractivity contribution in [3.8, 4) is 0 Å². The minimum atomic E-state index is -2.83. The molecule has 2 fully saturated rings. The summed E-state index contributed by atoms with van der Waals surface area (Å²) >= 11 is 0. The van der Waals surface area contributed by atoms with Crippen LogP contribution in [0.25, 0.3) is 0 Å². The molecule has 1 aliphatic heterocycles. The minimum Gasteiger partial charge on any atom is -0.378 e. The lowest BCUT2D eigenvalue weighted by molar-refractivity contribution is -0.00663. The fraction of sp³-hybridized carbons (Fsp3) is 1.00. The van der Waals surface area contributed by atoms with Crippen LogP contribution in [0.15, 0.2) is 0 Å². The molecule has 2 rings (SSSR count). The molecular weight excluding hydrogens is 264 g/mol. The predicted octanol–water partition coefficient (Wildman–Crippen LogP) is 0.264. The first kappa shape index (κ1) is 15.2. The molecule has 0 bridgehead atoms. The van der Waals surface area contributed by atoms with Crippen LogP contribution in [-0.2, 0) is 14.6 Å². The second kappa shape index (κ2) is 7.02. The molecule has 1 N–H and O–H groups in total. The largest absolute Gasteiger partial charge is 0.378 e. The van der Waals surface area contributed by atoms with Gasteiger partial charge in [0, 0.05) is 30.9 Å². The van der Waals surface area contributed by atoms with E-state index in [1.807, 2.05) is 0 Å². The molecule has 0 aromatic heterocycles. The Morgan fingerprint density at radius 1 is 1.37 bits per heavy atom. The highest BCUT2D eigenvalue weighted by atomic mass is 32.2. The van der Waals surface area contributed by atoms with Gasteiger partial charge >= 0.3 is 0 Å². The van der Waals surface area contributed by atoms with E-state index in [0.29, 0.717) is 17.8 Å². The monoisotopic (exact) mass is 290 g/mol. The van der Waals surface area contributed by atoms with Gasteiger partial charge in [0.1, 0.15) is 9.84 Å².